The van der Waals surface area contributed by atoms with Crippen molar-refractivity contribution in [1.29, 1.82) is 0 Å². The minimum atomic E-state index is 0.0151. The Labute approximate surface area is 185 Å². The van der Waals surface area contributed by atoms with Gasteiger partial charge in [0, 0.05) is 47.9 Å². The van der Waals surface area contributed by atoms with E-state index in [1.54, 1.807) is 23.7 Å². The molecule has 5 rings (SSSR count). The Kier molecular flexibility index (Phi) is 5.25. The number of likely N-dealkylation sites (N-methyl/N-ethyl adjacent to an activating group) is 1. The van der Waals surface area contributed by atoms with Crippen molar-refractivity contribution < 1.29 is 0 Å². The smallest absolute Gasteiger partial charge is 0.219 e. The number of anilines is 1. The fourth-order valence-corrected chi connectivity index (χ4v) is 5.25. The molecule has 4 aromatic rings. The predicted octanol–water partition coefficient (Wildman–Crippen LogP) is 3.74. The van der Waals surface area contributed by atoms with E-state index in [2.05, 4.69) is 50.8 Å². The van der Waals surface area contributed by atoms with Gasteiger partial charge in [0.15, 0.2) is 0 Å². The van der Waals surface area contributed by atoms with Crippen LogP contribution in [-0.2, 0) is 12.0 Å². The predicted molar refractivity (Wildman–Crippen MR) is 124 cm³/mol. The van der Waals surface area contributed by atoms with Gasteiger partial charge in [0.2, 0.25) is 5.95 Å². The molecule has 1 aromatic carbocycles. The molecule has 1 aliphatic carbocycles. The Morgan fingerprint density at radius 3 is 2.45 bits per heavy atom. The highest BCUT2D eigenvalue weighted by molar-refractivity contribution is 7.15. The van der Waals surface area contributed by atoms with Crippen molar-refractivity contribution in [2.45, 2.75) is 31.2 Å². The Hall–Kier alpha value is -3.10. The molecule has 3 heterocycles. The van der Waals surface area contributed by atoms with E-state index in [1.807, 2.05) is 24.1 Å². The first-order chi connectivity index (χ1) is 15.2. The van der Waals surface area contributed by atoms with E-state index in [0.717, 1.165) is 42.6 Å². The van der Waals surface area contributed by atoms with E-state index in [0.29, 0.717) is 5.95 Å². The van der Waals surface area contributed by atoms with Crippen molar-refractivity contribution in [1.82, 2.24) is 30.0 Å². The normalized spacial score (nSPS) is 15.0. The second kappa shape index (κ2) is 8.20. The molecule has 8 heteroatoms. The van der Waals surface area contributed by atoms with Crippen LogP contribution in [0.1, 0.15) is 29.8 Å². The summed E-state index contributed by atoms with van der Waals surface area (Å²) in [5.74, 6) is 0.293. The Balaban J connectivity index is 1.40. The molecule has 1 aliphatic rings. The Bertz CT molecular complexity index is 1160. The molecule has 0 unspecified atom stereocenters. The molecular weight excluding hydrogens is 406 g/mol. The largest absolute Gasteiger partial charge is 0.368 e. The highest BCUT2D eigenvalue weighted by atomic mass is 32.1. The minimum Gasteiger partial charge on any atom is -0.368 e. The number of aromatic nitrogens is 5. The number of benzene rings is 1. The summed E-state index contributed by atoms with van der Waals surface area (Å²) in [6.07, 6.45) is 13.1. The maximum absolute atomic E-state index is 5.61. The lowest BCUT2D eigenvalue weighted by Gasteiger charge is -2.40. The van der Waals surface area contributed by atoms with Crippen LogP contribution in [0.25, 0.3) is 21.6 Å². The summed E-state index contributed by atoms with van der Waals surface area (Å²) < 4.78 is 1.98. The topological polar surface area (TPSA) is 94.5 Å². The van der Waals surface area contributed by atoms with Crippen LogP contribution in [0.4, 0.5) is 5.95 Å². The number of hydrogen-bond donors (Lipinski definition) is 2. The van der Waals surface area contributed by atoms with Crippen LogP contribution in [-0.4, -0.2) is 38.3 Å². The Morgan fingerprint density at radius 1 is 1.00 bits per heavy atom. The third-order valence-corrected chi connectivity index (χ3v) is 7.32. The molecule has 31 heavy (non-hydrogen) atoms. The molecule has 7 nitrogen and oxygen atoms in total. The van der Waals surface area contributed by atoms with E-state index in [9.17, 15) is 0 Å². The van der Waals surface area contributed by atoms with Crippen LogP contribution in [0.5, 0.6) is 0 Å². The van der Waals surface area contributed by atoms with Crippen molar-refractivity contribution in [2.75, 3.05) is 19.3 Å². The first kappa shape index (κ1) is 19.8. The van der Waals surface area contributed by atoms with Crippen LogP contribution < -0.4 is 11.1 Å². The third kappa shape index (κ3) is 3.73. The molecule has 1 saturated carbocycles. The summed E-state index contributed by atoms with van der Waals surface area (Å²) in [6, 6.07) is 8.73. The van der Waals surface area contributed by atoms with Crippen molar-refractivity contribution in [2.24, 2.45) is 0 Å². The summed E-state index contributed by atoms with van der Waals surface area (Å²) >= 11 is 1.79. The zero-order valence-electron chi connectivity index (χ0n) is 17.5. The lowest BCUT2D eigenvalue weighted by atomic mass is 9.65. The SMILES string of the molecule is CNCCn1cc(-c2cnc(C3(c4ccc(-c5cnc(N)nc5)cc4)CCC3)s2)cn1. The second-order valence-corrected chi connectivity index (χ2v) is 9.00. The summed E-state index contributed by atoms with van der Waals surface area (Å²) in [5.41, 5.74) is 10.1. The van der Waals surface area contributed by atoms with Gasteiger partial charge >= 0.3 is 0 Å². The lowest BCUT2D eigenvalue weighted by molar-refractivity contribution is 0.300. The number of thiazole rings is 1. The fourth-order valence-electron chi connectivity index (χ4n) is 4.09. The van der Waals surface area contributed by atoms with Gasteiger partial charge in [0.25, 0.3) is 0 Å². The summed E-state index contributed by atoms with van der Waals surface area (Å²) in [4.78, 5) is 14.2. The van der Waals surface area contributed by atoms with Crippen LogP contribution in [0.2, 0.25) is 0 Å². The maximum atomic E-state index is 5.61. The van der Waals surface area contributed by atoms with Crippen molar-refractivity contribution >= 4 is 17.3 Å². The van der Waals surface area contributed by atoms with E-state index in [4.69, 9.17) is 10.7 Å². The minimum absolute atomic E-state index is 0.0151. The lowest BCUT2D eigenvalue weighted by Crippen LogP contribution is -2.35. The van der Waals surface area contributed by atoms with Gasteiger partial charge in [-0.1, -0.05) is 30.7 Å². The van der Waals surface area contributed by atoms with Gasteiger partial charge in [-0.3, -0.25) is 4.68 Å². The van der Waals surface area contributed by atoms with Gasteiger partial charge in [-0.15, -0.1) is 11.3 Å². The molecule has 0 spiro atoms. The molecule has 0 saturated heterocycles. The molecule has 0 aliphatic heterocycles. The molecule has 3 aromatic heterocycles. The van der Waals surface area contributed by atoms with Crippen molar-refractivity contribution in [3.63, 3.8) is 0 Å². The zero-order chi connectivity index (χ0) is 21.3. The number of rotatable bonds is 7. The number of nitrogens with one attached hydrogen (secondary N) is 1. The Morgan fingerprint density at radius 2 is 1.77 bits per heavy atom. The van der Waals surface area contributed by atoms with Gasteiger partial charge in [0.1, 0.15) is 5.01 Å². The van der Waals surface area contributed by atoms with Crippen LogP contribution in [0.15, 0.2) is 55.2 Å². The van der Waals surface area contributed by atoms with Gasteiger partial charge < -0.3 is 11.1 Å². The molecule has 158 valence electrons. The van der Waals surface area contributed by atoms with Crippen LogP contribution >= 0.6 is 11.3 Å². The van der Waals surface area contributed by atoms with Crippen molar-refractivity contribution in [3.05, 3.63) is 65.8 Å². The number of nitrogens with two attached hydrogens (primary N) is 1. The zero-order valence-corrected chi connectivity index (χ0v) is 18.3. The van der Waals surface area contributed by atoms with Crippen LogP contribution in [0, 0.1) is 0 Å². The van der Waals surface area contributed by atoms with Crippen molar-refractivity contribution in [3.8, 4) is 21.6 Å². The third-order valence-electron chi connectivity index (χ3n) is 6.07. The molecule has 0 bridgehead atoms. The summed E-state index contributed by atoms with van der Waals surface area (Å²) in [6.45, 7) is 1.76. The first-order valence-electron chi connectivity index (χ1n) is 10.5. The standard InChI is InChI=1S/C23H25N7S/c1-25-9-10-30-15-18(13-29-30)20-14-26-21(31-20)23(7-2-8-23)19-5-3-16(4-6-19)17-11-27-22(24)28-12-17/h3-6,11-15,25H,2,7-10H2,1H3,(H2,24,27,28). The summed E-state index contributed by atoms with van der Waals surface area (Å²) in [5, 5.41) is 8.83. The highest BCUT2D eigenvalue weighted by Gasteiger charge is 2.42. The van der Waals surface area contributed by atoms with Gasteiger partial charge in [-0.25, -0.2) is 15.0 Å². The molecule has 0 amide bonds. The van der Waals surface area contributed by atoms with E-state index < -0.39 is 0 Å². The number of hydrogen-bond acceptors (Lipinski definition) is 7. The highest BCUT2D eigenvalue weighted by Crippen LogP contribution is 2.51. The molecular formula is C23H25N7S. The summed E-state index contributed by atoms with van der Waals surface area (Å²) in [7, 11) is 1.95. The fraction of sp³-hybridized carbons (Fsp3) is 0.304. The maximum Gasteiger partial charge on any atom is 0.219 e. The molecule has 1 fully saturated rings. The van der Waals surface area contributed by atoms with E-state index in [-0.39, 0.29) is 5.41 Å². The number of nitrogens with zero attached hydrogens (tertiary/aromatic N) is 5. The van der Waals surface area contributed by atoms with E-state index in [1.165, 1.54) is 21.9 Å². The average molecular weight is 432 g/mol. The van der Waals surface area contributed by atoms with E-state index >= 15 is 0 Å². The van der Waals surface area contributed by atoms with Crippen LogP contribution in [0.3, 0.4) is 0 Å². The molecule has 0 atom stereocenters. The first-order valence-corrected chi connectivity index (χ1v) is 11.3. The number of nitrogen functional groups attached to an aromatic ring is 1. The second-order valence-electron chi connectivity index (χ2n) is 7.97. The van der Waals surface area contributed by atoms with Gasteiger partial charge in [-0.05, 0) is 31.0 Å². The average Bonchev–Trinajstić information content (AvgIpc) is 3.43. The monoisotopic (exact) mass is 431 g/mol. The van der Waals surface area contributed by atoms with Gasteiger partial charge in [-0.2, -0.15) is 5.10 Å². The van der Waals surface area contributed by atoms with Gasteiger partial charge in [0.05, 0.1) is 17.6 Å². The molecule has 0 radical (unpaired) electrons. The molecule has 3 N–H and O–H groups in total. The quantitative estimate of drug-likeness (QED) is 0.463.